The van der Waals surface area contributed by atoms with Crippen molar-refractivity contribution in [1.29, 1.82) is 0 Å². The van der Waals surface area contributed by atoms with Crippen LogP contribution in [-0.2, 0) is 0 Å². The van der Waals surface area contributed by atoms with E-state index in [1.54, 1.807) is 6.07 Å². The second kappa shape index (κ2) is 4.84. The number of nitrogens with one attached hydrogen (secondary N) is 1. The molecule has 0 atom stereocenters. The molecule has 1 aliphatic carbocycles. The molecule has 0 bridgehead atoms. The fraction of sp³-hybridized carbons (Fsp3) is 0.600. The Morgan fingerprint density at radius 3 is 2.62 bits per heavy atom. The van der Waals surface area contributed by atoms with Crippen LogP contribution in [0, 0.1) is 0 Å². The van der Waals surface area contributed by atoms with Gasteiger partial charge in [0.25, 0.3) is 0 Å². The van der Waals surface area contributed by atoms with Crippen molar-refractivity contribution in [3.63, 3.8) is 0 Å². The van der Waals surface area contributed by atoms with E-state index in [1.165, 1.54) is 0 Å². The Balaban J connectivity index is 1.98. The van der Waals surface area contributed by atoms with Gasteiger partial charge in [0.1, 0.15) is 11.0 Å². The highest BCUT2D eigenvalue weighted by atomic mass is 35.5. The summed E-state index contributed by atoms with van der Waals surface area (Å²) in [6, 6.07) is 1.98. The summed E-state index contributed by atoms with van der Waals surface area (Å²) >= 11 is 5.78. The van der Waals surface area contributed by atoms with Crippen LogP contribution in [0.25, 0.3) is 0 Å². The van der Waals surface area contributed by atoms with Crippen LogP contribution in [-0.4, -0.2) is 27.2 Å². The van der Waals surface area contributed by atoms with E-state index in [2.05, 4.69) is 15.3 Å². The molecule has 1 aromatic heterocycles. The number of aromatic nitrogens is 2. The molecular weight excluding hydrogens is 228 g/mol. The molecule has 0 amide bonds. The summed E-state index contributed by atoms with van der Waals surface area (Å²) in [7, 11) is 0. The van der Waals surface area contributed by atoms with E-state index in [0.717, 1.165) is 25.7 Å². The molecule has 6 heteroatoms. The molecule has 1 aromatic rings. The molecule has 2 rings (SSSR count). The van der Waals surface area contributed by atoms with Crippen molar-refractivity contribution in [1.82, 2.24) is 9.97 Å². The van der Waals surface area contributed by atoms with Crippen LogP contribution in [0.15, 0.2) is 6.07 Å². The SMILES string of the molecule is Nc1nc(Cl)cc(NC2CCC(O)CC2)n1. The highest BCUT2D eigenvalue weighted by molar-refractivity contribution is 6.29. The van der Waals surface area contributed by atoms with Crippen molar-refractivity contribution in [2.24, 2.45) is 0 Å². The lowest BCUT2D eigenvalue weighted by Gasteiger charge is -2.26. The van der Waals surface area contributed by atoms with E-state index >= 15 is 0 Å². The van der Waals surface area contributed by atoms with Gasteiger partial charge in [-0.1, -0.05) is 11.6 Å². The van der Waals surface area contributed by atoms with E-state index in [1.807, 2.05) is 0 Å². The molecular formula is C10H15ClN4O. The maximum atomic E-state index is 9.39. The number of hydrogen-bond donors (Lipinski definition) is 3. The monoisotopic (exact) mass is 242 g/mol. The summed E-state index contributed by atoms with van der Waals surface area (Å²) in [5, 5.41) is 13.0. The lowest BCUT2D eigenvalue weighted by Crippen LogP contribution is -2.28. The molecule has 1 fully saturated rings. The Morgan fingerprint density at radius 2 is 2.00 bits per heavy atom. The van der Waals surface area contributed by atoms with Crippen LogP contribution in [0.2, 0.25) is 5.15 Å². The minimum atomic E-state index is -0.155. The fourth-order valence-electron chi connectivity index (χ4n) is 1.94. The van der Waals surface area contributed by atoms with Crippen LogP contribution in [0.1, 0.15) is 25.7 Å². The minimum Gasteiger partial charge on any atom is -0.393 e. The van der Waals surface area contributed by atoms with E-state index in [4.69, 9.17) is 17.3 Å². The van der Waals surface area contributed by atoms with Gasteiger partial charge in [-0.05, 0) is 25.7 Å². The first-order valence-electron chi connectivity index (χ1n) is 5.38. The number of aliphatic hydroxyl groups excluding tert-OH is 1. The quantitative estimate of drug-likeness (QED) is 0.684. The maximum Gasteiger partial charge on any atom is 0.223 e. The third kappa shape index (κ3) is 2.96. The second-order valence-corrected chi connectivity index (χ2v) is 4.47. The van der Waals surface area contributed by atoms with Gasteiger partial charge in [-0.15, -0.1) is 0 Å². The van der Waals surface area contributed by atoms with Gasteiger partial charge >= 0.3 is 0 Å². The molecule has 1 aliphatic rings. The Bertz CT molecular complexity index is 346. The van der Waals surface area contributed by atoms with Gasteiger partial charge in [0.05, 0.1) is 6.10 Å². The Morgan fingerprint density at radius 1 is 1.31 bits per heavy atom. The zero-order valence-corrected chi connectivity index (χ0v) is 9.61. The number of nitrogens with zero attached hydrogens (tertiary/aromatic N) is 2. The highest BCUT2D eigenvalue weighted by Crippen LogP contribution is 2.22. The van der Waals surface area contributed by atoms with Crippen molar-refractivity contribution in [3.8, 4) is 0 Å². The average Bonchev–Trinajstić information content (AvgIpc) is 2.20. The van der Waals surface area contributed by atoms with Crippen molar-refractivity contribution >= 4 is 23.4 Å². The highest BCUT2D eigenvalue weighted by Gasteiger charge is 2.19. The standard InChI is InChI=1S/C10H15ClN4O/c11-8-5-9(15-10(12)14-8)13-6-1-3-7(16)4-2-6/h5-7,16H,1-4H2,(H3,12,13,14,15). The second-order valence-electron chi connectivity index (χ2n) is 4.08. The van der Waals surface area contributed by atoms with Crippen LogP contribution < -0.4 is 11.1 Å². The summed E-state index contributed by atoms with van der Waals surface area (Å²) in [6.07, 6.45) is 3.36. The number of nitrogens with two attached hydrogens (primary N) is 1. The molecule has 88 valence electrons. The molecule has 0 saturated heterocycles. The minimum absolute atomic E-state index is 0.155. The summed E-state index contributed by atoms with van der Waals surface area (Å²) in [5.41, 5.74) is 5.50. The van der Waals surface area contributed by atoms with Crippen molar-refractivity contribution in [3.05, 3.63) is 11.2 Å². The fourth-order valence-corrected chi connectivity index (χ4v) is 2.13. The first-order valence-corrected chi connectivity index (χ1v) is 5.76. The Labute approximate surface area is 99.0 Å². The van der Waals surface area contributed by atoms with E-state index < -0.39 is 0 Å². The van der Waals surface area contributed by atoms with Gasteiger partial charge in [-0.2, -0.15) is 4.98 Å². The first-order chi connectivity index (χ1) is 7.63. The third-order valence-corrected chi connectivity index (χ3v) is 2.95. The lowest BCUT2D eigenvalue weighted by molar-refractivity contribution is 0.126. The van der Waals surface area contributed by atoms with Gasteiger partial charge in [0.15, 0.2) is 0 Å². The van der Waals surface area contributed by atoms with E-state index in [0.29, 0.717) is 17.0 Å². The van der Waals surface area contributed by atoms with Gasteiger partial charge in [0.2, 0.25) is 5.95 Å². The average molecular weight is 243 g/mol. The predicted molar refractivity (Wildman–Crippen MR) is 63.3 cm³/mol. The normalized spacial score (nSPS) is 25.4. The topological polar surface area (TPSA) is 84.1 Å². The molecule has 0 unspecified atom stereocenters. The molecule has 0 radical (unpaired) electrons. The van der Waals surface area contributed by atoms with Gasteiger partial charge < -0.3 is 16.2 Å². The van der Waals surface area contributed by atoms with Crippen LogP contribution in [0.5, 0.6) is 0 Å². The van der Waals surface area contributed by atoms with Crippen molar-refractivity contribution in [2.45, 2.75) is 37.8 Å². The molecule has 4 N–H and O–H groups in total. The lowest BCUT2D eigenvalue weighted by atomic mass is 9.93. The number of rotatable bonds is 2. The zero-order valence-electron chi connectivity index (χ0n) is 8.86. The van der Waals surface area contributed by atoms with E-state index in [-0.39, 0.29) is 12.1 Å². The Hall–Kier alpha value is -1.07. The van der Waals surface area contributed by atoms with Crippen LogP contribution in [0.3, 0.4) is 0 Å². The number of nitrogen functional groups attached to an aromatic ring is 1. The van der Waals surface area contributed by atoms with Gasteiger partial charge in [-0.3, -0.25) is 0 Å². The molecule has 0 aromatic carbocycles. The third-order valence-electron chi connectivity index (χ3n) is 2.76. The molecule has 0 aliphatic heterocycles. The summed E-state index contributed by atoms with van der Waals surface area (Å²) < 4.78 is 0. The molecule has 1 saturated carbocycles. The number of hydrogen-bond acceptors (Lipinski definition) is 5. The number of anilines is 2. The maximum absolute atomic E-state index is 9.39. The van der Waals surface area contributed by atoms with E-state index in [9.17, 15) is 5.11 Å². The number of halogens is 1. The molecule has 5 nitrogen and oxygen atoms in total. The van der Waals surface area contributed by atoms with Crippen molar-refractivity contribution < 1.29 is 5.11 Å². The largest absolute Gasteiger partial charge is 0.393 e. The van der Waals surface area contributed by atoms with Gasteiger partial charge in [0, 0.05) is 12.1 Å². The predicted octanol–water partition coefficient (Wildman–Crippen LogP) is 1.43. The molecule has 0 spiro atoms. The number of aliphatic hydroxyl groups is 1. The molecule has 16 heavy (non-hydrogen) atoms. The summed E-state index contributed by atoms with van der Waals surface area (Å²) in [5.74, 6) is 0.824. The molecule has 1 heterocycles. The van der Waals surface area contributed by atoms with Gasteiger partial charge in [-0.25, -0.2) is 4.98 Å². The zero-order chi connectivity index (χ0) is 11.5. The summed E-state index contributed by atoms with van der Waals surface area (Å²) in [4.78, 5) is 7.85. The summed E-state index contributed by atoms with van der Waals surface area (Å²) in [6.45, 7) is 0. The smallest absolute Gasteiger partial charge is 0.223 e. The van der Waals surface area contributed by atoms with Crippen molar-refractivity contribution in [2.75, 3.05) is 11.1 Å². The first kappa shape index (κ1) is 11.4. The van der Waals surface area contributed by atoms with Crippen LogP contribution in [0.4, 0.5) is 11.8 Å². The van der Waals surface area contributed by atoms with Crippen LogP contribution >= 0.6 is 11.6 Å². The Kier molecular flexibility index (Phi) is 3.46.